The third-order valence-corrected chi connectivity index (χ3v) is 4.91. The summed E-state index contributed by atoms with van der Waals surface area (Å²) in [5.41, 5.74) is 0. The number of anilines is 1. The molecule has 2 atom stereocenters. The molecule has 138 valence electrons. The molecule has 2 heterocycles. The molecule has 2 fully saturated rings. The molecule has 24 heavy (non-hydrogen) atoms. The van der Waals surface area contributed by atoms with Crippen LogP contribution in [0.15, 0.2) is 12.3 Å². The van der Waals surface area contributed by atoms with Gasteiger partial charge < -0.3 is 10.6 Å². The second-order valence-corrected chi connectivity index (χ2v) is 6.65. The van der Waals surface area contributed by atoms with Gasteiger partial charge in [-0.1, -0.05) is 0 Å². The number of amides is 1. The quantitative estimate of drug-likeness (QED) is 0.798. The van der Waals surface area contributed by atoms with E-state index in [9.17, 15) is 4.79 Å². The molecular formula is C16H29Cl2N5O. The highest BCUT2D eigenvalue weighted by Crippen LogP contribution is 2.40. The Kier molecular flexibility index (Phi) is 8.50. The number of halogens is 2. The summed E-state index contributed by atoms with van der Waals surface area (Å²) in [5, 5.41) is 10.7. The van der Waals surface area contributed by atoms with Gasteiger partial charge in [0, 0.05) is 18.7 Å². The molecule has 1 saturated carbocycles. The van der Waals surface area contributed by atoms with Crippen molar-refractivity contribution in [1.29, 1.82) is 0 Å². The molecule has 0 radical (unpaired) electrons. The second-order valence-electron chi connectivity index (χ2n) is 6.65. The number of likely N-dealkylation sites (N-methyl/N-ethyl adjacent to an activating group) is 1. The number of carbonyl (C=O) groups is 1. The minimum absolute atomic E-state index is 0. The molecule has 2 aliphatic rings. The van der Waals surface area contributed by atoms with Crippen LogP contribution in [0, 0.1) is 5.92 Å². The van der Waals surface area contributed by atoms with Crippen molar-refractivity contribution >= 4 is 36.5 Å². The summed E-state index contributed by atoms with van der Waals surface area (Å²) in [4.78, 5) is 14.5. The lowest BCUT2D eigenvalue weighted by Crippen LogP contribution is -2.47. The van der Waals surface area contributed by atoms with E-state index in [1.807, 2.05) is 17.8 Å². The fraction of sp³-hybridized carbons (Fsp3) is 0.750. The molecule has 8 heteroatoms. The van der Waals surface area contributed by atoms with E-state index in [2.05, 4.69) is 27.6 Å². The normalized spacial score (nSPS) is 22.2. The van der Waals surface area contributed by atoms with E-state index < -0.39 is 0 Å². The molecule has 1 amide bonds. The van der Waals surface area contributed by atoms with Crippen molar-refractivity contribution in [2.45, 2.75) is 44.7 Å². The first-order valence-electron chi connectivity index (χ1n) is 8.40. The van der Waals surface area contributed by atoms with E-state index in [4.69, 9.17) is 0 Å². The van der Waals surface area contributed by atoms with E-state index in [-0.39, 0.29) is 30.7 Å². The van der Waals surface area contributed by atoms with Gasteiger partial charge in [-0.2, -0.15) is 5.10 Å². The SMILES string of the molecule is CNC1CCCN(CC(=O)Nc2ccnn2C(C)C2CC2)C1.Cl.Cl. The molecule has 2 unspecified atom stereocenters. The Hall–Kier alpha value is -0.820. The first kappa shape index (κ1) is 21.2. The largest absolute Gasteiger partial charge is 0.316 e. The van der Waals surface area contributed by atoms with Gasteiger partial charge in [0.25, 0.3) is 0 Å². The lowest BCUT2D eigenvalue weighted by atomic mass is 10.1. The van der Waals surface area contributed by atoms with Crippen LogP contribution >= 0.6 is 24.8 Å². The minimum atomic E-state index is 0. The minimum Gasteiger partial charge on any atom is -0.316 e. The number of hydrogen-bond donors (Lipinski definition) is 2. The standard InChI is InChI=1S/C16H27N5O.2ClH/c1-12(13-5-6-13)21-15(7-8-18-21)19-16(22)11-20-9-3-4-14(10-20)17-2;;/h7-8,12-14,17H,3-6,9-11H2,1-2H3,(H,19,22);2*1H. The van der Waals surface area contributed by atoms with Crippen molar-refractivity contribution in [3.63, 3.8) is 0 Å². The van der Waals surface area contributed by atoms with Gasteiger partial charge in [0.15, 0.2) is 0 Å². The molecule has 1 aliphatic heterocycles. The number of aromatic nitrogens is 2. The first-order chi connectivity index (χ1) is 10.7. The summed E-state index contributed by atoms with van der Waals surface area (Å²) in [6.45, 7) is 4.59. The molecule has 0 aromatic carbocycles. The maximum absolute atomic E-state index is 12.3. The number of piperidine rings is 1. The second kappa shape index (κ2) is 9.61. The number of nitrogens with one attached hydrogen (secondary N) is 2. The van der Waals surface area contributed by atoms with Crippen LogP contribution in [0.4, 0.5) is 5.82 Å². The Morgan fingerprint density at radius 1 is 1.38 bits per heavy atom. The highest BCUT2D eigenvalue weighted by molar-refractivity contribution is 5.91. The van der Waals surface area contributed by atoms with E-state index >= 15 is 0 Å². The van der Waals surface area contributed by atoms with Crippen LogP contribution in [0.2, 0.25) is 0 Å². The van der Waals surface area contributed by atoms with E-state index in [1.165, 1.54) is 19.3 Å². The summed E-state index contributed by atoms with van der Waals surface area (Å²) in [5.74, 6) is 1.60. The topological polar surface area (TPSA) is 62.2 Å². The van der Waals surface area contributed by atoms with E-state index in [1.54, 1.807) is 6.20 Å². The van der Waals surface area contributed by atoms with Crippen molar-refractivity contribution in [2.24, 2.45) is 5.92 Å². The molecule has 3 rings (SSSR count). The van der Waals surface area contributed by atoms with Crippen LogP contribution in [-0.4, -0.2) is 53.3 Å². The van der Waals surface area contributed by atoms with Crippen molar-refractivity contribution in [1.82, 2.24) is 20.0 Å². The maximum atomic E-state index is 12.3. The smallest absolute Gasteiger partial charge is 0.239 e. The van der Waals surface area contributed by atoms with E-state index in [0.717, 1.165) is 25.3 Å². The molecule has 0 spiro atoms. The molecule has 1 saturated heterocycles. The van der Waals surface area contributed by atoms with Gasteiger partial charge in [-0.3, -0.25) is 9.69 Å². The number of rotatable bonds is 6. The van der Waals surface area contributed by atoms with Gasteiger partial charge in [-0.15, -0.1) is 24.8 Å². The fourth-order valence-electron chi connectivity index (χ4n) is 3.34. The third kappa shape index (κ3) is 5.34. The van der Waals surface area contributed by atoms with Gasteiger partial charge in [-0.05, 0) is 52.1 Å². The van der Waals surface area contributed by atoms with Crippen molar-refractivity contribution in [2.75, 3.05) is 32.0 Å². The predicted molar refractivity (Wildman–Crippen MR) is 101 cm³/mol. The predicted octanol–water partition coefficient (Wildman–Crippen LogP) is 2.32. The van der Waals surface area contributed by atoms with Crippen molar-refractivity contribution < 1.29 is 4.79 Å². The van der Waals surface area contributed by atoms with Crippen LogP contribution in [0.3, 0.4) is 0 Å². The third-order valence-electron chi connectivity index (χ3n) is 4.91. The number of hydrogen-bond acceptors (Lipinski definition) is 4. The average molecular weight is 378 g/mol. The maximum Gasteiger partial charge on any atom is 0.239 e. The zero-order chi connectivity index (χ0) is 15.5. The Bertz CT molecular complexity index is 520. The molecular weight excluding hydrogens is 349 g/mol. The lowest BCUT2D eigenvalue weighted by Gasteiger charge is -2.31. The Morgan fingerprint density at radius 2 is 2.12 bits per heavy atom. The summed E-state index contributed by atoms with van der Waals surface area (Å²) in [6, 6.07) is 2.76. The van der Waals surface area contributed by atoms with Crippen LogP contribution < -0.4 is 10.6 Å². The highest BCUT2D eigenvalue weighted by atomic mass is 35.5. The van der Waals surface area contributed by atoms with Crippen molar-refractivity contribution in [3.05, 3.63) is 12.3 Å². The van der Waals surface area contributed by atoms with Crippen LogP contribution in [0.5, 0.6) is 0 Å². The summed E-state index contributed by atoms with van der Waals surface area (Å²) >= 11 is 0. The van der Waals surface area contributed by atoms with Gasteiger partial charge in [0.1, 0.15) is 5.82 Å². The zero-order valence-corrected chi connectivity index (χ0v) is 16.0. The first-order valence-corrected chi connectivity index (χ1v) is 8.40. The molecule has 0 bridgehead atoms. The number of nitrogens with zero attached hydrogens (tertiary/aromatic N) is 3. The molecule has 1 aromatic rings. The summed E-state index contributed by atoms with van der Waals surface area (Å²) in [6.07, 6.45) is 6.66. The fourth-order valence-corrected chi connectivity index (χ4v) is 3.34. The lowest BCUT2D eigenvalue weighted by molar-refractivity contribution is -0.117. The average Bonchev–Trinajstić information content (AvgIpc) is 3.27. The van der Waals surface area contributed by atoms with Gasteiger partial charge in [-0.25, -0.2) is 4.68 Å². The Balaban J connectivity index is 0.00000144. The number of likely N-dealkylation sites (tertiary alicyclic amines) is 1. The van der Waals surface area contributed by atoms with Gasteiger partial charge in [0.2, 0.25) is 5.91 Å². The van der Waals surface area contributed by atoms with Crippen LogP contribution in [0.1, 0.15) is 38.6 Å². The molecule has 2 N–H and O–H groups in total. The highest BCUT2D eigenvalue weighted by Gasteiger charge is 2.31. The van der Waals surface area contributed by atoms with Crippen LogP contribution in [0.25, 0.3) is 0 Å². The summed E-state index contributed by atoms with van der Waals surface area (Å²) in [7, 11) is 1.99. The number of carbonyl (C=O) groups excluding carboxylic acids is 1. The Morgan fingerprint density at radius 3 is 2.79 bits per heavy atom. The van der Waals surface area contributed by atoms with Crippen molar-refractivity contribution in [3.8, 4) is 0 Å². The van der Waals surface area contributed by atoms with E-state index in [0.29, 0.717) is 24.5 Å². The zero-order valence-electron chi connectivity index (χ0n) is 14.4. The van der Waals surface area contributed by atoms with Gasteiger partial charge >= 0.3 is 0 Å². The van der Waals surface area contributed by atoms with Crippen LogP contribution in [-0.2, 0) is 4.79 Å². The Labute approximate surface area is 156 Å². The molecule has 1 aliphatic carbocycles. The summed E-state index contributed by atoms with van der Waals surface area (Å²) < 4.78 is 1.96. The monoisotopic (exact) mass is 377 g/mol. The van der Waals surface area contributed by atoms with Gasteiger partial charge in [0.05, 0.1) is 18.8 Å². The molecule has 1 aromatic heterocycles. The molecule has 6 nitrogen and oxygen atoms in total.